The summed E-state index contributed by atoms with van der Waals surface area (Å²) < 4.78 is 0. The van der Waals surface area contributed by atoms with Gasteiger partial charge in [-0.25, -0.2) is 0 Å². The Morgan fingerprint density at radius 2 is 1.76 bits per heavy atom. The topological polar surface area (TPSA) is 20.3 Å². The second-order valence-electron chi connectivity index (χ2n) is 6.66. The molecular weight excluding hydrogens is 210 g/mol. The summed E-state index contributed by atoms with van der Waals surface area (Å²) in [5.41, 5.74) is 0.208. The molecule has 0 atom stereocenters. The van der Waals surface area contributed by atoms with E-state index in [0.717, 1.165) is 32.4 Å². The molecule has 17 heavy (non-hydrogen) atoms. The molecule has 1 saturated carbocycles. The molecule has 1 aliphatic carbocycles. The molecule has 100 valence electrons. The van der Waals surface area contributed by atoms with Gasteiger partial charge in [0, 0.05) is 19.0 Å². The van der Waals surface area contributed by atoms with Crippen molar-refractivity contribution in [3.63, 3.8) is 0 Å². The number of hydrogen-bond acceptors (Lipinski definition) is 1. The predicted octanol–water partition coefficient (Wildman–Crippen LogP) is 3.85. The van der Waals surface area contributed by atoms with Crippen molar-refractivity contribution >= 4 is 5.91 Å². The van der Waals surface area contributed by atoms with Gasteiger partial charge in [0.2, 0.25) is 5.91 Å². The Bertz CT molecular complexity index is 236. The second-order valence-corrected chi connectivity index (χ2v) is 6.66. The van der Waals surface area contributed by atoms with Crippen LogP contribution in [0.5, 0.6) is 0 Å². The third-order valence-corrected chi connectivity index (χ3v) is 3.42. The van der Waals surface area contributed by atoms with Crippen LogP contribution in [0.1, 0.15) is 66.2 Å². The molecule has 0 aliphatic heterocycles. The van der Waals surface area contributed by atoms with E-state index in [1.54, 1.807) is 0 Å². The average molecular weight is 239 g/mol. The molecule has 2 nitrogen and oxygen atoms in total. The zero-order valence-corrected chi connectivity index (χ0v) is 12.1. The van der Waals surface area contributed by atoms with E-state index in [1.165, 1.54) is 19.3 Å². The van der Waals surface area contributed by atoms with Gasteiger partial charge in [-0.15, -0.1) is 0 Å². The van der Waals surface area contributed by atoms with Gasteiger partial charge < -0.3 is 4.90 Å². The Morgan fingerprint density at radius 3 is 2.24 bits per heavy atom. The van der Waals surface area contributed by atoms with E-state index in [-0.39, 0.29) is 5.41 Å². The molecule has 1 amide bonds. The fraction of sp³-hybridized carbons (Fsp3) is 0.933. The lowest BCUT2D eigenvalue weighted by Gasteiger charge is -2.33. The Kier molecular flexibility index (Phi) is 5.48. The summed E-state index contributed by atoms with van der Waals surface area (Å²) in [5.74, 6) is 0.735. The molecule has 1 fully saturated rings. The van der Waals surface area contributed by atoms with Crippen LogP contribution in [0.3, 0.4) is 0 Å². The third-order valence-electron chi connectivity index (χ3n) is 3.42. The minimum Gasteiger partial charge on any atom is -0.342 e. The van der Waals surface area contributed by atoms with Gasteiger partial charge in [-0.1, -0.05) is 47.0 Å². The molecule has 0 aromatic carbocycles. The largest absolute Gasteiger partial charge is 0.342 e. The van der Waals surface area contributed by atoms with Gasteiger partial charge in [0.15, 0.2) is 0 Å². The number of nitrogens with zero attached hydrogens (tertiary/aromatic N) is 1. The molecule has 0 aromatic heterocycles. The summed E-state index contributed by atoms with van der Waals surface area (Å²) in [4.78, 5) is 14.6. The summed E-state index contributed by atoms with van der Waals surface area (Å²) in [6.07, 6.45) is 7.09. The number of amides is 1. The lowest BCUT2D eigenvalue weighted by Crippen LogP contribution is -2.42. The minimum atomic E-state index is 0.208. The van der Waals surface area contributed by atoms with Crippen LogP contribution in [0.4, 0.5) is 0 Å². The lowest BCUT2D eigenvalue weighted by molar-refractivity contribution is -0.137. The maximum Gasteiger partial charge on any atom is 0.225 e. The van der Waals surface area contributed by atoms with E-state index >= 15 is 0 Å². The molecule has 2 heteroatoms. The van der Waals surface area contributed by atoms with Crippen LogP contribution in [0.15, 0.2) is 0 Å². The van der Waals surface area contributed by atoms with Crippen molar-refractivity contribution in [1.82, 2.24) is 4.90 Å². The Labute approximate surface area is 107 Å². The normalized spacial score (nSPS) is 18.1. The van der Waals surface area contributed by atoms with E-state index in [0.29, 0.717) is 11.8 Å². The molecule has 0 spiro atoms. The van der Waals surface area contributed by atoms with Gasteiger partial charge in [-0.05, 0) is 24.7 Å². The maximum atomic E-state index is 12.5. The highest BCUT2D eigenvalue weighted by Gasteiger charge is 2.27. The highest BCUT2D eigenvalue weighted by molar-refractivity contribution is 5.79. The minimum absolute atomic E-state index is 0.208. The maximum absolute atomic E-state index is 12.5. The highest BCUT2D eigenvalue weighted by atomic mass is 16.2. The summed E-state index contributed by atoms with van der Waals surface area (Å²) in [7, 11) is 0. The Hall–Kier alpha value is -0.530. The van der Waals surface area contributed by atoms with Gasteiger partial charge in [0.1, 0.15) is 0 Å². The molecule has 1 aliphatic rings. The molecular formula is C15H29NO. The van der Waals surface area contributed by atoms with Crippen LogP contribution < -0.4 is 0 Å². The summed E-state index contributed by atoms with van der Waals surface area (Å²) in [6, 6.07) is 0. The van der Waals surface area contributed by atoms with Crippen LogP contribution in [-0.4, -0.2) is 23.9 Å². The van der Waals surface area contributed by atoms with Gasteiger partial charge >= 0.3 is 0 Å². The van der Waals surface area contributed by atoms with Crippen molar-refractivity contribution in [2.75, 3.05) is 13.1 Å². The van der Waals surface area contributed by atoms with Crippen molar-refractivity contribution < 1.29 is 4.79 Å². The van der Waals surface area contributed by atoms with Gasteiger partial charge in [0.05, 0.1) is 0 Å². The predicted molar refractivity (Wildman–Crippen MR) is 72.9 cm³/mol. The monoisotopic (exact) mass is 239 g/mol. The molecule has 0 unspecified atom stereocenters. The van der Waals surface area contributed by atoms with Gasteiger partial charge in [-0.2, -0.15) is 0 Å². The van der Waals surface area contributed by atoms with Crippen LogP contribution in [0, 0.1) is 11.3 Å². The van der Waals surface area contributed by atoms with Crippen molar-refractivity contribution in [2.24, 2.45) is 11.3 Å². The van der Waals surface area contributed by atoms with E-state index in [1.807, 2.05) is 0 Å². The van der Waals surface area contributed by atoms with E-state index in [2.05, 4.69) is 32.6 Å². The van der Waals surface area contributed by atoms with Crippen molar-refractivity contribution in [2.45, 2.75) is 66.2 Å². The van der Waals surface area contributed by atoms with Gasteiger partial charge in [0.25, 0.3) is 0 Å². The standard InChI is InChI=1S/C15H29NO/c1-5-11-16(12-15(2,3)4)14(17)13-9-7-6-8-10-13/h13H,5-12H2,1-4H3. The molecule has 0 aromatic rings. The summed E-state index contributed by atoms with van der Waals surface area (Å²) in [5, 5.41) is 0. The molecule has 1 rings (SSSR count). The quantitative estimate of drug-likeness (QED) is 0.729. The van der Waals surface area contributed by atoms with Crippen molar-refractivity contribution in [1.29, 1.82) is 0 Å². The first kappa shape index (κ1) is 14.5. The average Bonchev–Trinajstić information content (AvgIpc) is 2.27. The highest BCUT2D eigenvalue weighted by Crippen LogP contribution is 2.27. The van der Waals surface area contributed by atoms with Crippen molar-refractivity contribution in [3.8, 4) is 0 Å². The van der Waals surface area contributed by atoms with E-state index < -0.39 is 0 Å². The molecule has 0 bridgehead atoms. The lowest BCUT2D eigenvalue weighted by atomic mass is 9.87. The first-order chi connectivity index (χ1) is 7.94. The summed E-state index contributed by atoms with van der Waals surface area (Å²) >= 11 is 0. The van der Waals surface area contributed by atoms with Crippen LogP contribution in [0.25, 0.3) is 0 Å². The molecule has 0 radical (unpaired) electrons. The summed E-state index contributed by atoms with van der Waals surface area (Å²) in [6.45, 7) is 10.6. The SMILES string of the molecule is CCCN(CC(C)(C)C)C(=O)C1CCCCC1. The van der Waals surface area contributed by atoms with Gasteiger partial charge in [-0.3, -0.25) is 4.79 Å². The van der Waals surface area contributed by atoms with E-state index in [9.17, 15) is 4.79 Å². The first-order valence-electron chi connectivity index (χ1n) is 7.23. The fourth-order valence-electron chi connectivity index (χ4n) is 2.72. The molecule has 0 N–H and O–H groups in total. The van der Waals surface area contributed by atoms with Crippen LogP contribution in [-0.2, 0) is 4.79 Å². The smallest absolute Gasteiger partial charge is 0.225 e. The molecule has 0 heterocycles. The zero-order valence-electron chi connectivity index (χ0n) is 12.1. The van der Waals surface area contributed by atoms with Crippen LogP contribution >= 0.6 is 0 Å². The Morgan fingerprint density at radius 1 is 1.18 bits per heavy atom. The first-order valence-corrected chi connectivity index (χ1v) is 7.23. The number of hydrogen-bond donors (Lipinski definition) is 0. The number of rotatable bonds is 4. The molecule has 0 saturated heterocycles. The second kappa shape index (κ2) is 6.42. The fourth-order valence-corrected chi connectivity index (χ4v) is 2.72. The third kappa shape index (κ3) is 5.10. The zero-order chi connectivity index (χ0) is 12.9. The number of carbonyl (C=O) groups is 1. The number of carbonyl (C=O) groups excluding carboxylic acids is 1. The van der Waals surface area contributed by atoms with Crippen LogP contribution in [0.2, 0.25) is 0 Å². The van der Waals surface area contributed by atoms with E-state index in [4.69, 9.17) is 0 Å². The Balaban J connectivity index is 2.58. The van der Waals surface area contributed by atoms with Crippen molar-refractivity contribution in [3.05, 3.63) is 0 Å².